The number of hydrogen-bond acceptors (Lipinski definition) is 3. The van der Waals surface area contributed by atoms with Crippen LogP contribution in [0, 0.1) is 11.7 Å². The highest BCUT2D eigenvalue weighted by Crippen LogP contribution is 2.39. The zero-order chi connectivity index (χ0) is 14.2. The number of nitrogens with two attached hydrogens (primary N) is 1. The van der Waals surface area contributed by atoms with Crippen LogP contribution < -0.4 is 11.1 Å². The minimum absolute atomic E-state index is 0.0554. The Hall–Kier alpha value is -2.11. The lowest BCUT2D eigenvalue weighted by Crippen LogP contribution is -2.54. The van der Waals surface area contributed by atoms with E-state index in [1.54, 1.807) is 0 Å². The molecule has 102 valence electrons. The maximum absolute atomic E-state index is 13.3. The molecule has 1 saturated carbocycles. The Labute approximate surface area is 109 Å². The van der Waals surface area contributed by atoms with Gasteiger partial charge in [0, 0.05) is 5.56 Å². The number of benzene rings is 1. The van der Waals surface area contributed by atoms with Gasteiger partial charge >= 0.3 is 5.97 Å². The monoisotopic (exact) mass is 266 g/mol. The van der Waals surface area contributed by atoms with Crippen LogP contribution in [0.5, 0.6) is 0 Å². The summed E-state index contributed by atoms with van der Waals surface area (Å²) in [6.45, 7) is 1.47. The number of carboxylic acids is 1. The molecule has 1 aliphatic rings. The average molecular weight is 266 g/mol. The average Bonchev–Trinajstić information content (AvgIpc) is 3.16. The second kappa shape index (κ2) is 4.53. The Balaban J connectivity index is 2.20. The molecule has 1 aromatic rings. The van der Waals surface area contributed by atoms with E-state index in [0.717, 1.165) is 18.9 Å². The standard InChI is InChI=1S/C13H15FN2O3/c1-13(12(18)19,8-3-4-8)16-11(17)7-2-5-10(15)9(14)6-7/h2,5-6,8H,3-4,15H2,1H3,(H,16,17)(H,18,19). The Bertz CT molecular complexity index is 543. The van der Waals surface area contributed by atoms with Gasteiger partial charge in [-0.05, 0) is 43.9 Å². The summed E-state index contributed by atoms with van der Waals surface area (Å²) in [5.41, 5.74) is 4.01. The molecule has 6 heteroatoms. The number of aliphatic carboxylic acids is 1. The summed E-state index contributed by atoms with van der Waals surface area (Å²) in [4.78, 5) is 23.3. The highest BCUT2D eigenvalue weighted by atomic mass is 19.1. The van der Waals surface area contributed by atoms with E-state index in [1.165, 1.54) is 19.1 Å². The third kappa shape index (κ3) is 2.52. The molecule has 0 bridgehead atoms. The van der Waals surface area contributed by atoms with E-state index in [0.29, 0.717) is 0 Å². The number of hydrogen-bond donors (Lipinski definition) is 3. The molecule has 19 heavy (non-hydrogen) atoms. The fourth-order valence-corrected chi connectivity index (χ4v) is 1.97. The molecular weight excluding hydrogens is 251 g/mol. The van der Waals surface area contributed by atoms with Crippen LogP contribution in [0.3, 0.4) is 0 Å². The molecule has 0 heterocycles. The molecule has 0 saturated heterocycles. The zero-order valence-electron chi connectivity index (χ0n) is 10.4. The molecule has 5 nitrogen and oxygen atoms in total. The van der Waals surface area contributed by atoms with Gasteiger partial charge in [-0.15, -0.1) is 0 Å². The van der Waals surface area contributed by atoms with Crippen molar-refractivity contribution in [2.24, 2.45) is 5.92 Å². The van der Waals surface area contributed by atoms with Gasteiger partial charge in [0.05, 0.1) is 5.69 Å². The number of rotatable bonds is 4. The van der Waals surface area contributed by atoms with Gasteiger partial charge in [0.25, 0.3) is 5.91 Å². The van der Waals surface area contributed by atoms with E-state index in [1.807, 2.05) is 0 Å². The summed E-state index contributed by atoms with van der Waals surface area (Å²) in [5.74, 6) is -2.47. The van der Waals surface area contributed by atoms with E-state index in [4.69, 9.17) is 5.73 Å². The number of halogens is 1. The second-order valence-electron chi connectivity index (χ2n) is 4.97. The van der Waals surface area contributed by atoms with E-state index in [-0.39, 0.29) is 17.2 Å². The van der Waals surface area contributed by atoms with Crippen LogP contribution in [0.4, 0.5) is 10.1 Å². The molecule has 1 amide bonds. The molecule has 1 aliphatic carbocycles. The van der Waals surface area contributed by atoms with Gasteiger partial charge in [0.1, 0.15) is 11.4 Å². The van der Waals surface area contributed by atoms with Crippen LogP contribution in [0.1, 0.15) is 30.1 Å². The predicted octanol–water partition coefficient (Wildman–Crippen LogP) is 1.39. The molecule has 0 aromatic heterocycles. The lowest BCUT2D eigenvalue weighted by atomic mass is 9.95. The summed E-state index contributed by atoms with van der Waals surface area (Å²) in [6.07, 6.45) is 1.53. The number of carboxylic acid groups (broad SMARTS) is 1. The van der Waals surface area contributed by atoms with E-state index < -0.39 is 23.2 Å². The van der Waals surface area contributed by atoms with Crippen molar-refractivity contribution in [2.45, 2.75) is 25.3 Å². The Morgan fingerprint density at radius 3 is 2.58 bits per heavy atom. The van der Waals surface area contributed by atoms with Crippen LogP contribution in [0.25, 0.3) is 0 Å². The molecule has 0 aliphatic heterocycles. The smallest absolute Gasteiger partial charge is 0.329 e. The number of nitrogens with one attached hydrogen (secondary N) is 1. The molecule has 4 N–H and O–H groups in total. The summed E-state index contributed by atoms with van der Waals surface area (Å²) in [6, 6.07) is 3.64. The van der Waals surface area contributed by atoms with Crippen molar-refractivity contribution < 1.29 is 19.1 Å². The summed E-state index contributed by atoms with van der Waals surface area (Å²) < 4.78 is 13.3. The fraction of sp³-hybridized carbons (Fsp3) is 0.385. The second-order valence-corrected chi connectivity index (χ2v) is 4.97. The summed E-state index contributed by atoms with van der Waals surface area (Å²) in [7, 11) is 0. The van der Waals surface area contributed by atoms with Crippen LogP contribution in [-0.2, 0) is 4.79 Å². The predicted molar refractivity (Wildman–Crippen MR) is 67.0 cm³/mol. The number of amides is 1. The number of nitrogen functional groups attached to an aromatic ring is 1. The first-order chi connectivity index (χ1) is 8.84. The summed E-state index contributed by atoms with van der Waals surface area (Å²) in [5, 5.41) is 11.7. The van der Waals surface area contributed by atoms with Gasteiger partial charge < -0.3 is 16.2 Å². The van der Waals surface area contributed by atoms with Crippen molar-refractivity contribution in [2.75, 3.05) is 5.73 Å². The largest absolute Gasteiger partial charge is 0.480 e. The van der Waals surface area contributed by atoms with Crippen LogP contribution in [0.15, 0.2) is 18.2 Å². The molecular formula is C13H15FN2O3. The topological polar surface area (TPSA) is 92.4 Å². The van der Waals surface area contributed by atoms with Crippen LogP contribution in [0.2, 0.25) is 0 Å². The molecule has 1 unspecified atom stereocenters. The van der Waals surface area contributed by atoms with Crippen molar-refractivity contribution in [3.8, 4) is 0 Å². The number of carbonyl (C=O) groups excluding carboxylic acids is 1. The maximum Gasteiger partial charge on any atom is 0.329 e. The van der Waals surface area contributed by atoms with Gasteiger partial charge in [-0.25, -0.2) is 9.18 Å². The van der Waals surface area contributed by atoms with Crippen molar-refractivity contribution in [3.63, 3.8) is 0 Å². The fourth-order valence-electron chi connectivity index (χ4n) is 1.97. The van der Waals surface area contributed by atoms with Gasteiger partial charge in [-0.2, -0.15) is 0 Å². The molecule has 1 atom stereocenters. The van der Waals surface area contributed by atoms with Crippen molar-refractivity contribution >= 4 is 17.6 Å². The number of anilines is 1. The van der Waals surface area contributed by atoms with Crippen molar-refractivity contribution in [1.82, 2.24) is 5.32 Å². The quantitative estimate of drug-likeness (QED) is 0.718. The minimum atomic E-state index is -1.31. The van der Waals surface area contributed by atoms with Gasteiger partial charge in [0.2, 0.25) is 0 Å². The lowest BCUT2D eigenvalue weighted by molar-refractivity contribution is -0.144. The van der Waals surface area contributed by atoms with Gasteiger partial charge in [-0.3, -0.25) is 4.79 Å². The first-order valence-electron chi connectivity index (χ1n) is 5.95. The van der Waals surface area contributed by atoms with E-state index in [2.05, 4.69) is 5.32 Å². The Morgan fingerprint density at radius 1 is 1.47 bits per heavy atom. The molecule has 2 rings (SSSR count). The van der Waals surface area contributed by atoms with Crippen molar-refractivity contribution in [1.29, 1.82) is 0 Å². The molecule has 1 fully saturated rings. The third-order valence-corrected chi connectivity index (χ3v) is 3.47. The first-order valence-corrected chi connectivity index (χ1v) is 5.95. The van der Waals surface area contributed by atoms with Crippen LogP contribution in [-0.4, -0.2) is 22.5 Å². The Kier molecular flexibility index (Phi) is 3.18. The lowest BCUT2D eigenvalue weighted by Gasteiger charge is -2.26. The third-order valence-electron chi connectivity index (χ3n) is 3.47. The number of carbonyl (C=O) groups is 2. The van der Waals surface area contributed by atoms with Gasteiger partial charge in [-0.1, -0.05) is 0 Å². The summed E-state index contributed by atoms with van der Waals surface area (Å²) >= 11 is 0. The van der Waals surface area contributed by atoms with Crippen molar-refractivity contribution in [3.05, 3.63) is 29.6 Å². The SMILES string of the molecule is CC(NC(=O)c1ccc(N)c(F)c1)(C(=O)O)C1CC1. The van der Waals surface area contributed by atoms with Gasteiger partial charge in [0.15, 0.2) is 0 Å². The first kappa shape index (κ1) is 13.3. The van der Waals surface area contributed by atoms with E-state index in [9.17, 15) is 19.1 Å². The molecule has 1 aromatic carbocycles. The van der Waals surface area contributed by atoms with E-state index >= 15 is 0 Å². The highest BCUT2D eigenvalue weighted by Gasteiger charge is 2.48. The van der Waals surface area contributed by atoms with Crippen LogP contribution >= 0.6 is 0 Å². The molecule has 0 spiro atoms. The minimum Gasteiger partial charge on any atom is -0.480 e. The zero-order valence-corrected chi connectivity index (χ0v) is 10.4. The normalized spacial score (nSPS) is 17.6. The Morgan fingerprint density at radius 2 is 2.11 bits per heavy atom. The molecule has 0 radical (unpaired) electrons. The maximum atomic E-state index is 13.3. The highest BCUT2D eigenvalue weighted by molar-refractivity contribution is 5.98.